The Kier molecular flexibility index (Phi) is 4.31. The van der Waals surface area contributed by atoms with Gasteiger partial charge in [-0.2, -0.15) is 12.7 Å². The molecule has 1 rings (SSSR count). The summed E-state index contributed by atoms with van der Waals surface area (Å²) in [5.74, 6) is 0. The number of rotatable bonds is 3. The van der Waals surface area contributed by atoms with Crippen molar-refractivity contribution < 1.29 is 8.42 Å². The van der Waals surface area contributed by atoms with E-state index in [1.54, 1.807) is 6.92 Å². The molecule has 1 saturated heterocycles. The lowest BCUT2D eigenvalue weighted by atomic mass is 10.2. The third-order valence-electron chi connectivity index (χ3n) is 2.33. The summed E-state index contributed by atoms with van der Waals surface area (Å²) in [6.45, 7) is 6.19. The van der Waals surface area contributed by atoms with E-state index >= 15 is 0 Å². The quantitative estimate of drug-likeness (QED) is 0.677. The minimum atomic E-state index is -3.24. The molecule has 1 aliphatic heterocycles. The molecule has 5 nitrogen and oxygen atoms in total. The number of hydrogen-bond acceptors (Lipinski definition) is 3. The molecular weight excluding hydrogens is 202 g/mol. The predicted molar refractivity (Wildman–Crippen MR) is 56.3 cm³/mol. The highest BCUT2D eigenvalue weighted by atomic mass is 32.2. The normalized spacial score (nSPS) is 26.0. The van der Waals surface area contributed by atoms with E-state index in [4.69, 9.17) is 0 Å². The Morgan fingerprint density at radius 2 is 2.21 bits per heavy atom. The molecule has 14 heavy (non-hydrogen) atoms. The molecular formula is C8H19N3O2S. The van der Waals surface area contributed by atoms with Crippen LogP contribution in [-0.4, -0.2) is 44.9 Å². The summed E-state index contributed by atoms with van der Waals surface area (Å²) in [7, 11) is -3.24. The molecule has 1 heterocycles. The summed E-state index contributed by atoms with van der Waals surface area (Å²) in [4.78, 5) is 0. The van der Waals surface area contributed by atoms with Crippen LogP contribution in [0.2, 0.25) is 0 Å². The van der Waals surface area contributed by atoms with Crippen LogP contribution in [0, 0.1) is 0 Å². The maximum atomic E-state index is 11.6. The molecule has 6 heteroatoms. The Labute approximate surface area is 86.0 Å². The predicted octanol–water partition coefficient (Wildman–Crippen LogP) is -0.475. The van der Waals surface area contributed by atoms with Crippen molar-refractivity contribution in [2.45, 2.75) is 26.3 Å². The molecule has 0 amide bonds. The van der Waals surface area contributed by atoms with Crippen molar-refractivity contribution in [2.75, 3.05) is 26.2 Å². The SMILES string of the molecule is CCNS(=O)(=O)N1CCNC(C)CC1. The van der Waals surface area contributed by atoms with E-state index in [0.29, 0.717) is 25.7 Å². The molecule has 1 fully saturated rings. The average molecular weight is 221 g/mol. The summed E-state index contributed by atoms with van der Waals surface area (Å²) >= 11 is 0. The number of hydrogen-bond donors (Lipinski definition) is 2. The molecule has 0 bridgehead atoms. The lowest BCUT2D eigenvalue weighted by Gasteiger charge is -2.19. The molecule has 1 aliphatic rings. The van der Waals surface area contributed by atoms with Crippen molar-refractivity contribution in [3.63, 3.8) is 0 Å². The molecule has 1 unspecified atom stereocenters. The second kappa shape index (κ2) is 5.06. The van der Waals surface area contributed by atoms with E-state index < -0.39 is 10.2 Å². The zero-order valence-corrected chi connectivity index (χ0v) is 9.60. The van der Waals surface area contributed by atoms with E-state index in [1.165, 1.54) is 4.31 Å². The molecule has 0 spiro atoms. The van der Waals surface area contributed by atoms with Crippen LogP contribution in [-0.2, 0) is 10.2 Å². The first-order chi connectivity index (χ1) is 6.56. The first-order valence-electron chi connectivity index (χ1n) is 5.04. The van der Waals surface area contributed by atoms with Crippen LogP contribution in [0.4, 0.5) is 0 Å². The van der Waals surface area contributed by atoms with E-state index in [-0.39, 0.29) is 0 Å². The molecule has 84 valence electrons. The summed E-state index contributed by atoms with van der Waals surface area (Å²) in [6, 6.07) is 0.400. The highest BCUT2D eigenvalue weighted by Crippen LogP contribution is 2.04. The fraction of sp³-hybridized carbons (Fsp3) is 1.00. The van der Waals surface area contributed by atoms with Gasteiger partial charge in [0.25, 0.3) is 10.2 Å². The van der Waals surface area contributed by atoms with Crippen LogP contribution in [0.5, 0.6) is 0 Å². The van der Waals surface area contributed by atoms with Gasteiger partial charge in [0.05, 0.1) is 0 Å². The Balaban J connectivity index is 2.59. The van der Waals surface area contributed by atoms with Gasteiger partial charge in [-0.3, -0.25) is 0 Å². The van der Waals surface area contributed by atoms with E-state index in [0.717, 1.165) is 13.0 Å². The largest absolute Gasteiger partial charge is 0.313 e. The summed E-state index contributed by atoms with van der Waals surface area (Å²) < 4.78 is 27.3. The topological polar surface area (TPSA) is 61.4 Å². The lowest BCUT2D eigenvalue weighted by molar-refractivity contribution is 0.421. The van der Waals surface area contributed by atoms with Crippen LogP contribution >= 0.6 is 0 Å². The van der Waals surface area contributed by atoms with Crippen molar-refractivity contribution >= 4 is 10.2 Å². The lowest BCUT2D eigenvalue weighted by Crippen LogP contribution is -2.42. The zero-order chi connectivity index (χ0) is 10.6. The minimum Gasteiger partial charge on any atom is -0.313 e. The van der Waals surface area contributed by atoms with Crippen LogP contribution in [0.15, 0.2) is 0 Å². The molecule has 0 radical (unpaired) electrons. The van der Waals surface area contributed by atoms with Gasteiger partial charge < -0.3 is 5.32 Å². The Hall–Kier alpha value is -0.170. The first kappa shape index (κ1) is 11.9. The van der Waals surface area contributed by atoms with Crippen molar-refractivity contribution in [1.29, 1.82) is 0 Å². The molecule has 2 N–H and O–H groups in total. The van der Waals surface area contributed by atoms with Gasteiger partial charge in [0.2, 0.25) is 0 Å². The summed E-state index contributed by atoms with van der Waals surface area (Å²) in [5, 5.41) is 3.25. The Morgan fingerprint density at radius 1 is 1.50 bits per heavy atom. The average Bonchev–Trinajstić information content (AvgIpc) is 2.30. The molecule has 0 aromatic heterocycles. The second-order valence-corrected chi connectivity index (χ2v) is 5.30. The smallest absolute Gasteiger partial charge is 0.279 e. The highest BCUT2D eigenvalue weighted by molar-refractivity contribution is 7.87. The van der Waals surface area contributed by atoms with Gasteiger partial charge >= 0.3 is 0 Å². The Morgan fingerprint density at radius 3 is 2.86 bits per heavy atom. The molecule has 0 aromatic carbocycles. The van der Waals surface area contributed by atoms with Crippen molar-refractivity contribution in [3.05, 3.63) is 0 Å². The number of nitrogens with one attached hydrogen (secondary N) is 2. The van der Waals surface area contributed by atoms with Gasteiger partial charge in [0.15, 0.2) is 0 Å². The second-order valence-electron chi connectivity index (χ2n) is 3.55. The van der Waals surface area contributed by atoms with Gasteiger partial charge in [0.1, 0.15) is 0 Å². The number of nitrogens with zero attached hydrogens (tertiary/aromatic N) is 1. The van der Waals surface area contributed by atoms with Crippen molar-refractivity contribution in [1.82, 2.24) is 14.3 Å². The van der Waals surface area contributed by atoms with Crippen LogP contribution in [0.1, 0.15) is 20.3 Å². The maximum absolute atomic E-state index is 11.6. The fourth-order valence-corrected chi connectivity index (χ4v) is 2.73. The van der Waals surface area contributed by atoms with Gasteiger partial charge in [-0.15, -0.1) is 0 Å². The van der Waals surface area contributed by atoms with Crippen LogP contribution in [0.25, 0.3) is 0 Å². The molecule has 1 atom stereocenters. The van der Waals surface area contributed by atoms with Gasteiger partial charge in [-0.05, 0) is 13.3 Å². The van der Waals surface area contributed by atoms with Crippen LogP contribution in [0.3, 0.4) is 0 Å². The van der Waals surface area contributed by atoms with Crippen molar-refractivity contribution in [3.8, 4) is 0 Å². The van der Waals surface area contributed by atoms with E-state index in [2.05, 4.69) is 17.0 Å². The zero-order valence-electron chi connectivity index (χ0n) is 8.78. The Bertz CT molecular complexity index is 266. The van der Waals surface area contributed by atoms with E-state index in [1.807, 2.05) is 0 Å². The standard InChI is InChI=1S/C8H19N3O2S/c1-3-10-14(12,13)11-6-4-8(2)9-5-7-11/h8-10H,3-7H2,1-2H3. The van der Waals surface area contributed by atoms with Crippen LogP contribution < -0.4 is 10.0 Å². The minimum absolute atomic E-state index is 0.400. The van der Waals surface area contributed by atoms with Crippen molar-refractivity contribution in [2.24, 2.45) is 0 Å². The molecule has 0 aliphatic carbocycles. The van der Waals surface area contributed by atoms with Gasteiger partial charge in [-0.1, -0.05) is 6.92 Å². The molecule has 0 saturated carbocycles. The monoisotopic (exact) mass is 221 g/mol. The third-order valence-corrected chi connectivity index (χ3v) is 4.03. The summed E-state index contributed by atoms with van der Waals surface area (Å²) in [6.07, 6.45) is 0.866. The third kappa shape index (κ3) is 3.20. The summed E-state index contributed by atoms with van der Waals surface area (Å²) in [5.41, 5.74) is 0. The maximum Gasteiger partial charge on any atom is 0.279 e. The fourth-order valence-electron chi connectivity index (χ4n) is 1.50. The van der Waals surface area contributed by atoms with Gasteiger partial charge in [0, 0.05) is 32.2 Å². The van der Waals surface area contributed by atoms with E-state index in [9.17, 15) is 8.42 Å². The van der Waals surface area contributed by atoms with Gasteiger partial charge in [-0.25, -0.2) is 4.72 Å². The molecule has 0 aromatic rings. The first-order valence-corrected chi connectivity index (χ1v) is 6.48. The highest BCUT2D eigenvalue weighted by Gasteiger charge is 2.23.